The molecule has 1 aliphatic rings. The van der Waals surface area contributed by atoms with Gasteiger partial charge in [-0.2, -0.15) is 0 Å². The number of methoxy groups -OCH3 is 1. The van der Waals surface area contributed by atoms with Crippen LogP contribution in [-0.4, -0.2) is 40.3 Å². The Hall–Kier alpha value is -3.68. The molecule has 1 fully saturated rings. The van der Waals surface area contributed by atoms with Crippen molar-refractivity contribution in [2.24, 2.45) is 0 Å². The van der Waals surface area contributed by atoms with Gasteiger partial charge in [-0.1, -0.05) is 19.1 Å². The highest BCUT2D eigenvalue weighted by atomic mass is 16.6. The number of likely N-dealkylation sites (tertiary alicyclic amines) is 1. The van der Waals surface area contributed by atoms with Gasteiger partial charge in [0.05, 0.1) is 29.2 Å². The van der Waals surface area contributed by atoms with Crippen molar-refractivity contribution >= 4 is 23.1 Å². The molecule has 3 rings (SSSR count). The third kappa shape index (κ3) is 3.56. The SMILES string of the molecule is CCCN1C(=O)C(=O)C(=C(O)c2ccc(OC)cc2)C1c1ccccc1[N+](=O)[O-]. The van der Waals surface area contributed by atoms with E-state index in [0.717, 1.165) is 0 Å². The molecule has 29 heavy (non-hydrogen) atoms. The van der Waals surface area contributed by atoms with Crippen molar-refractivity contribution in [1.82, 2.24) is 4.90 Å². The number of ether oxygens (including phenoxy) is 1. The third-order valence-electron chi connectivity index (χ3n) is 4.80. The van der Waals surface area contributed by atoms with Gasteiger partial charge in [-0.3, -0.25) is 19.7 Å². The van der Waals surface area contributed by atoms with Gasteiger partial charge in [0.1, 0.15) is 11.5 Å². The Balaban J connectivity index is 2.23. The Morgan fingerprint density at radius 1 is 1.17 bits per heavy atom. The number of hydrogen-bond donors (Lipinski definition) is 1. The summed E-state index contributed by atoms with van der Waals surface area (Å²) in [6, 6.07) is 11.2. The minimum absolute atomic E-state index is 0.164. The maximum atomic E-state index is 12.8. The Kier molecular flexibility index (Phi) is 5.63. The van der Waals surface area contributed by atoms with Crippen LogP contribution in [0.3, 0.4) is 0 Å². The number of carbonyl (C=O) groups is 2. The van der Waals surface area contributed by atoms with E-state index in [9.17, 15) is 24.8 Å². The Labute approximate surface area is 167 Å². The van der Waals surface area contributed by atoms with E-state index in [-0.39, 0.29) is 29.1 Å². The fraction of sp³-hybridized carbons (Fsp3) is 0.238. The molecule has 1 unspecified atom stereocenters. The van der Waals surface area contributed by atoms with Crippen molar-refractivity contribution in [2.75, 3.05) is 13.7 Å². The average molecular weight is 396 g/mol. The largest absolute Gasteiger partial charge is 0.507 e. The number of ketones is 1. The lowest BCUT2D eigenvalue weighted by Gasteiger charge is -2.24. The number of amides is 1. The zero-order valence-corrected chi connectivity index (χ0v) is 16.0. The van der Waals surface area contributed by atoms with Gasteiger partial charge in [-0.25, -0.2) is 0 Å². The van der Waals surface area contributed by atoms with Gasteiger partial charge in [0.15, 0.2) is 0 Å². The van der Waals surface area contributed by atoms with Crippen LogP contribution in [-0.2, 0) is 9.59 Å². The zero-order chi connectivity index (χ0) is 21.1. The first-order valence-corrected chi connectivity index (χ1v) is 9.06. The molecule has 8 nitrogen and oxygen atoms in total. The summed E-state index contributed by atoms with van der Waals surface area (Å²) in [5.74, 6) is -1.48. The number of nitrogens with zero attached hydrogens (tertiary/aromatic N) is 2. The molecular weight excluding hydrogens is 376 g/mol. The van der Waals surface area contributed by atoms with E-state index in [2.05, 4.69) is 0 Å². The van der Waals surface area contributed by atoms with Gasteiger partial charge in [-0.15, -0.1) is 0 Å². The molecule has 0 aliphatic carbocycles. The first kappa shape index (κ1) is 20.1. The summed E-state index contributed by atoms with van der Waals surface area (Å²) in [6.45, 7) is 2.06. The van der Waals surface area contributed by atoms with Gasteiger partial charge >= 0.3 is 0 Å². The molecule has 2 aromatic rings. The highest BCUT2D eigenvalue weighted by molar-refractivity contribution is 6.46. The normalized spacial score (nSPS) is 18.1. The molecule has 1 heterocycles. The zero-order valence-electron chi connectivity index (χ0n) is 16.0. The Morgan fingerprint density at radius 3 is 2.41 bits per heavy atom. The van der Waals surface area contributed by atoms with Gasteiger partial charge in [0, 0.05) is 18.2 Å². The van der Waals surface area contributed by atoms with E-state index in [1.54, 1.807) is 30.3 Å². The van der Waals surface area contributed by atoms with E-state index in [1.807, 2.05) is 6.92 Å². The number of nitro groups is 1. The van der Waals surface area contributed by atoms with Crippen LogP contribution >= 0.6 is 0 Å². The van der Waals surface area contributed by atoms with E-state index < -0.39 is 22.7 Å². The fourth-order valence-corrected chi connectivity index (χ4v) is 3.46. The number of aliphatic hydroxyl groups excluding tert-OH is 1. The fourth-order valence-electron chi connectivity index (χ4n) is 3.46. The molecule has 0 aromatic heterocycles. The van der Waals surface area contributed by atoms with Crippen LogP contribution in [0.4, 0.5) is 5.69 Å². The van der Waals surface area contributed by atoms with Crippen molar-refractivity contribution in [2.45, 2.75) is 19.4 Å². The second kappa shape index (κ2) is 8.14. The lowest BCUT2D eigenvalue weighted by atomic mass is 9.94. The molecule has 2 aromatic carbocycles. The van der Waals surface area contributed by atoms with E-state index in [0.29, 0.717) is 17.7 Å². The van der Waals surface area contributed by atoms with Crippen LogP contribution in [0.15, 0.2) is 54.1 Å². The summed E-state index contributed by atoms with van der Waals surface area (Å²) in [5, 5.41) is 22.4. The summed E-state index contributed by atoms with van der Waals surface area (Å²) in [6.07, 6.45) is 0.548. The lowest BCUT2D eigenvalue weighted by molar-refractivity contribution is -0.385. The van der Waals surface area contributed by atoms with Crippen LogP contribution in [0.25, 0.3) is 5.76 Å². The van der Waals surface area contributed by atoms with Crippen molar-refractivity contribution < 1.29 is 24.4 Å². The lowest BCUT2D eigenvalue weighted by Crippen LogP contribution is -2.30. The third-order valence-corrected chi connectivity index (χ3v) is 4.80. The topological polar surface area (TPSA) is 110 Å². The number of benzene rings is 2. The molecule has 150 valence electrons. The number of rotatable bonds is 6. The van der Waals surface area contributed by atoms with Crippen LogP contribution in [0, 0.1) is 10.1 Å². The number of nitro benzene ring substituents is 1. The monoisotopic (exact) mass is 396 g/mol. The summed E-state index contributed by atoms with van der Waals surface area (Å²) < 4.78 is 5.09. The molecule has 1 atom stereocenters. The number of aliphatic hydroxyl groups is 1. The van der Waals surface area contributed by atoms with E-state index in [4.69, 9.17) is 4.74 Å². The predicted octanol–water partition coefficient (Wildman–Crippen LogP) is 3.44. The summed E-state index contributed by atoms with van der Waals surface area (Å²) in [4.78, 5) is 37.7. The molecule has 0 saturated carbocycles. The van der Waals surface area contributed by atoms with Crippen molar-refractivity contribution in [3.8, 4) is 5.75 Å². The van der Waals surface area contributed by atoms with E-state index in [1.165, 1.54) is 30.2 Å². The smallest absolute Gasteiger partial charge is 0.295 e. The summed E-state index contributed by atoms with van der Waals surface area (Å²) in [7, 11) is 1.50. The summed E-state index contributed by atoms with van der Waals surface area (Å²) in [5.41, 5.74) is 0.105. The maximum absolute atomic E-state index is 12.8. The quantitative estimate of drug-likeness (QED) is 0.263. The second-order valence-electron chi connectivity index (χ2n) is 6.54. The molecule has 8 heteroatoms. The summed E-state index contributed by atoms with van der Waals surface area (Å²) >= 11 is 0. The number of Topliss-reactive ketones (excluding diaryl/α,β-unsaturated/α-hetero) is 1. The minimum atomic E-state index is -1.04. The molecule has 0 bridgehead atoms. The van der Waals surface area contributed by atoms with Crippen molar-refractivity contribution in [3.63, 3.8) is 0 Å². The van der Waals surface area contributed by atoms with Crippen LogP contribution in [0.2, 0.25) is 0 Å². The van der Waals surface area contributed by atoms with E-state index >= 15 is 0 Å². The van der Waals surface area contributed by atoms with Crippen molar-refractivity contribution in [1.29, 1.82) is 0 Å². The van der Waals surface area contributed by atoms with Gasteiger partial charge in [-0.05, 0) is 36.8 Å². The highest BCUT2D eigenvalue weighted by Crippen LogP contribution is 2.42. The van der Waals surface area contributed by atoms with Gasteiger partial charge < -0.3 is 14.7 Å². The number of hydrogen-bond acceptors (Lipinski definition) is 6. The molecule has 1 saturated heterocycles. The molecule has 0 radical (unpaired) electrons. The first-order chi connectivity index (χ1) is 13.9. The molecule has 1 N–H and O–H groups in total. The molecular formula is C21H20N2O6. The maximum Gasteiger partial charge on any atom is 0.295 e. The first-order valence-electron chi connectivity index (χ1n) is 9.06. The minimum Gasteiger partial charge on any atom is -0.507 e. The van der Waals surface area contributed by atoms with Gasteiger partial charge in [0.25, 0.3) is 17.4 Å². The predicted molar refractivity (Wildman–Crippen MR) is 105 cm³/mol. The standard InChI is InChI=1S/C21H20N2O6/c1-3-12-22-18(15-6-4-5-7-16(15)23(27)28)17(20(25)21(22)26)19(24)13-8-10-14(29-2)11-9-13/h4-11,18,24H,3,12H2,1-2H3. The molecule has 0 spiro atoms. The van der Waals surface area contributed by atoms with Gasteiger partial charge in [0.2, 0.25) is 0 Å². The average Bonchev–Trinajstić information content (AvgIpc) is 2.98. The molecule has 1 aliphatic heterocycles. The number of para-hydroxylation sites is 1. The Bertz CT molecular complexity index is 996. The number of carbonyl (C=O) groups excluding carboxylic acids is 2. The Morgan fingerprint density at radius 2 is 1.83 bits per heavy atom. The van der Waals surface area contributed by atoms with Crippen LogP contribution in [0.5, 0.6) is 5.75 Å². The van der Waals surface area contributed by atoms with Crippen LogP contribution < -0.4 is 4.74 Å². The van der Waals surface area contributed by atoms with Crippen LogP contribution in [0.1, 0.15) is 30.5 Å². The second-order valence-corrected chi connectivity index (χ2v) is 6.54. The van der Waals surface area contributed by atoms with Crippen molar-refractivity contribution in [3.05, 3.63) is 75.3 Å². The highest BCUT2D eigenvalue weighted by Gasteiger charge is 2.47. The molecule has 1 amide bonds.